The van der Waals surface area contributed by atoms with E-state index in [2.05, 4.69) is 4.74 Å². The zero-order chi connectivity index (χ0) is 8.85. The molecule has 0 fully saturated rings. The minimum Gasteiger partial charge on any atom is -0.469 e. The van der Waals surface area contributed by atoms with Crippen LogP contribution in [0.25, 0.3) is 0 Å². The van der Waals surface area contributed by atoms with E-state index in [9.17, 15) is 9.59 Å². The molecule has 0 aliphatic heterocycles. The van der Waals surface area contributed by atoms with Gasteiger partial charge in [0.05, 0.1) is 13.2 Å². The maximum absolute atomic E-state index is 10.5. The highest BCUT2D eigenvalue weighted by Gasteiger charge is 2.11. The van der Waals surface area contributed by atoms with Gasteiger partial charge in [0.2, 0.25) is 5.91 Å². The molecule has 0 aromatic rings. The number of carbonyl (C=O) groups excluding carboxylic acids is 2. The van der Waals surface area contributed by atoms with E-state index in [1.54, 1.807) is 0 Å². The van der Waals surface area contributed by atoms with Gasteiger partial charge in [-0.1, -0.05) is 0 Å². The van der Waals surface area contributed by atoms with Gasteiger partial charge in [0.25, 0.3) is 0 Å². The van der Waals surface area contributed by atoms with Gasteiger partial charge in [-0.25, -0.2) is 0 Å². The molecule has 11 heavy (non-hydrogen) atoms. The minimum atomic E-state index is -0.755. The van der Waals surface area contributed by atoms with Crippen LogP contribution in [-0.2, 0) is 14.3 Å². The second kappa shape index (κ2) is 4.68. The standard InChI is InChI=1S/C6H12N2O3/c1-11-5(9)3-2-4(7)6(8)10/h4H,2-3,7H2,1H3,(H2,8,10). The van der Waals surface area contributed by atoms with Crippen molar-refractivity contribution in [2.75, 3.05) is 7.11 Å². The van der Waals surface area contributed by atoms with Crippen molar-refractivity contribution in [2.45, 2.75) is 18.9 Å². The topological polar surface area (TPSA) is 95.4 Å². The van der Waals surface area contributed by atoms with Crippen molar-refractivity contribution >= 4 is 11.9 Å². The summed E-state index contributed by atoms with van der Waals surface area (Å²) in [5, 5.41) is 0. The molecule has 64 valence electrons. The average Bonchev–Trinajstić information content (AvgIpc) is 1.99. The Morgan fingerprint density at radius 3 is 2.45 bits per heavy atom. The monoisotopic (exact) mass is 160 g/mol. The molecule has 4 N–H and O–H groups in total. The van der Waals surface area contributed by atoms with Crippen LogP contribution in [-0.4, -0.2) is 25.0 Å². The van der Waals surface area contributed by atoms with Crippen LogP contribution in [0.3, 0.4) is 0 Å². The highest BCUT2D eigenvalue weighted by atomic mass is 16.5. The zero-order valence-electron chi connectivity index (χ0n) is 6.37. The zero-order valence-corrected chi connectivity index (χ0v) is 6.37. The molecule has 1 amide bonds. The second-order valence-electron chi connectivity index (χ2n) is 2.12. The number of hydrogen-bond acceptors (Lipinski definition) is 4. The second-order valence-corrected chi connectivity index (χ2v) is 2.12. The predicted molar refractivity (Wildman–Crippen MR) is 38.4 cm³/mol. The SMILES string of the molecule is COC(=O)CCC(N)C(N)=O. The molecule has 0 spiro atoms. The summed E-state index contributed by atoms with van der Waals surface area (Å²) >= 11 is 0. The Bertz CT molecular complexity index is 158. The molecule has 1 atom stereocenters. The number of ether oxygens (including phenoxy) is 1. The molecule has 0 heterocycles. The van der Waals surface area contributed by atoms with Crippen molar-refractivity contribution in [3.63, 3.8) is 0 Å². The van der Waals surface area contributed by atoms with Crippen LogP contribution in [0, 0.1) is 0 Å². The van der Waals surface area contributed by atoms with Crippen molar-refractivity contribution in [2.24, 2.45) is 11.5 Å². The normalized spacial score (nSPS) is 12.2. The summed E-state index contributed by atoms with van der Waals surface area (Å²) in [6, 6.07) is -0.755. The quantitative estimate of drug-likeness (QED) is 0.502. The fourth-order valence-electron chi connectivity index (χ4n) is 0.518. The van der Waals surface area contributed by atoms with Gasteiger partial charge in [0, 0.05) is 6.42 Å². The third-order valence-corrected chi connectivity index (χ3v) is 1.25. The summed E-state index contributed by atoms with van der Waals surface area (Å²) in [7, 11) is 1.28. The smallest absolute Gasteiger partial charge is 0.305 e. The molecule has 1 unspecified atom stereocenters. The van der Waals surface area contributed by atoms with Crippen LogP contribution < -0.4 is 11.5 Å². The van der Waals surface area contributed by atoms with Crippen LogP contribution >= 0.6 is 0 Å². The van der Waals surface area contributed by atoms with Gasteiger partial charge in [-0.15, -0.1) is 0 Å². The Hall–Kier alpha value is -1.10. The van der Waals surface area contributed by atoms with Crippen molar-refractivity contribution in [3.8, 4) is 0 Å². The van der Waals surface area contributed by atoms with Crippen LogP contribution in [0.1, 0.15) is 12.8 Å². The Balaban J connectivity index is 3.54. The van der Waals surface area contributed by atoms with Crippen LogP contribution in [0.15, 0.2) is 0 Å². The highest BCUT2D eigenvalue weighted by Crippen LogP contribution is 1.94. The Morgan fingerprint density at radius 1 is 1.55 bits per heavy atom. The summed E-state index contributed by atoms with van der Waals surface area (Å²) in [5.41, 5.74) is 10.1. The number of esters is 1. The van der Waals surface area contributed by atoms with Gasteiger partial charge >= 0.3 is 5.97 Å². The minimum absolute atomic E-state index is 0.126. The van der Waals surface area contributed by atoms with Crippen LogP contribution in [0.4, 0.5) is 0 Å². The summed E-state index contributed by atoms with van der Waals surface area (Å²) in [6.07, 6.45) is 0.364. The van der Waals surface area contributed by atoms with Crippen LogP contribution in [0.5, 0.6) is 0 Å². The average molecular weight is 160 g/mol. The van der Waals surface area contributed by atoms with Crippen LogP contribution in [0.2, 0.25) is 0 Å². The van der Waals surface area contributed by atoms with E-state index < -0.39 is 11.9 Å². The number of amides is 1. The summed E-state index contributed by atoms with van der Waals surface area (Å²) in [6.45, 7) is 0. The highest BCUT2D eigenvalue weighted by molar-refractivity contribution is 5.80. The first kappa shape index (κ1) is 9.90. The molecule has 0 aliphatic rings. The third-order valence-electron chi connectivity index (χ3n) is 1.25. The number of rotatable bonds is 4. The molecule has 0 radical (unpaired) electrons. The number of nitrogens with two attached hydrogens (primary N) is 2. The van der Waals surface area contributed by atoms with Crippen molar-refractivity contribution in [1.29, 1.82) is 0 Å². The van der Waals surface area contributed by atoms with E-state index >= 15 is 0 Å². The Labute approximate surface area is 64.7 Å². The van der Waals surface area contributed by atoms with Crippen molar-refractivity contribution in [1.82, 2.24) is 0 Å². The van der Waals surface area contributed by atoms with E-state index in [1.165, 1.54) is 7.11 Å². The first-order chi connectivity index (χ1) is 5.07. The summed E-state index contributed by atoms with van der Waals surface area (Å²) in [4.78, 5) is 20.9. The number of methoxy groups -OCH3 is 1. The van der Waals surface area contributed by atoms with Gasteiger partial charge < -0.3 is 16.2 Å². The fraction of sp³-hybridized carbons (Fsp3) is 0.667. The molecule has 0 aliphatic carbocycles. The largest absolute Gasteiger partial charge is 0.469 e. The lowest BCUT2D eigenvalue weighted by molar-refractivity contribution is -0.140. The number of hydrogen-bond donors (Lipinski definition) is 2. The number of primary amides is 1. The molecular weight excluding hydrogens is 148 g/mol. The lowest BCUT2D eigenvalue weighted by atomic mass is 10.1. The molecule has 5 nitrogen and oxygen atoms in total. The van der Waals surface area contributed by atoms with E-state index in [4.69, 9.17) is 11.5 Å². The molecule has 0 aromatic heterocycles. The van der Waals surface area contributed by atoms with E-state index in [0.29, 0.717) is 0 Å². The van der Waals surface area contributed by atoms with Crippen molar-refractivity contribution < 1.29 is 14.3 Å². The summed E-state index contributed by atoms with van der Waals surface area (Å²) < 4.78 is 4.33. The van der Waals surface area contributed by atoms with E-state index in [1.807, 2.05) is 0 Å². The molecule has 0 aromatic carbocycles. The first-order valence-electron chi connectivity index (χ1n) is 3.19. The Kier molecular flexibility index (Phi) is 4.21. The fourth-order valence-corrected chi connectivity index (χ4v) is 0.518. The molecule has 0 saturated carbocycles. The van der Waals surface area contributed by atoms with Gasteiger partial charge in [-0.2, -0.15) is 0 Å². The first-order valence-corrected chi connectivity index (χ1v) is 3.19. The van der Waals surface area contributed by atoms with E-state index in [-0.39, 0.29) is 18.8 Å². The predicted octanol–water partition coefficient (Wildman–Crippen LogP) is -1.25. The molecule has 5 heteroatoms. The van der Waals surface area contributed by atoms with E-state index in [0.717, 1.165) is 0 Å². The van der Waals surface area contributed by atoms with Gasteiger partial charge in [0.1, 0.15) is 0 Å². The molecule has 0 bridgehead atoms. The van der Waals surface area contributed by atoms with Gasteiger partial charge in [0.15, 0.2) is 0 Å². The number of carbonyl (C=O) groups is 2. The molecule has 0 rings (SSSR count). The lowest BCUT2D eigenvalue weighted by Crippen LogP contribution is -2.36. The molecular formula is C6H12N2O3. The molecule has 0 saturated heterocycles. The maximum Gasteiger partial charge on any atom is 0.305 e. The lowest BCUT2D eigenvalue weighted by Gasteiger charge is -2.04. The third kappa shape index (κ3) is 4.32. The van der Waals surface area contributed by atoms with Gasteiger partial charge in [-0.05, 0) is 6.42 Å². The van der Waals surface area contributed by atoms with Crippen molar-refractivity contribution in [3.05, 3.63) is 0 Å². The maximum atomic E-state index is 10.5. The van der Waals surface area contributed by atoms with Gasteiger partial charge in [-0.3, -0.25) is 9.59 Å². The summed E-state index contributed by atoms with van der Waals surface area (Å²) in [5.74, 6) is -0.990. The Morgan fingerprint density at radius 2 is 2.09 bits per heavy atom.